The van der Waals surface area contributed by atoms with E-state index in [4.69, 9.17) is 5.73 Å². The standard InChI is InChI=1S/C11H9F3N4O2/c12-11(13,14)20-8-4-2-1-3-7(8)17-10(19)9-6(15)5-16-18-9/h1-5H,15H2,(H,16,18)(H,17,19). The molecule has 4 N–H and O–H groups in total. The van der Waals surface area contributed by atoms with E-state index in [-0.39, 0.29) is 17.1 Å². The summed E-state index contributed by atoms with van der Waals surface area (Å²) in [5.74, 6) is -1.25. The van der Waals surface area contributed by atoms with Gasteiger partial charge in [-0.3, -0.25) is 9.89 Å². The van der Waals surface area contributed by atoms with Gasteiger partial charge in [0.2, 0.25) is 0 Å². The smallest absolute Gasteiger partial charge is 0.404 e. The first-order chi connectivity index (χ1) is 9.37. The molecule has 0 unspecified atom stereocenters. The molecule has 0 aliphatic rings. The van der Waals surface area contributed by atoms with Gasteiger partial charge >= 0.3 is 6.36 Å². The molecule has 0 fully saturated rings. The number of benzene rings is 1. The van der Waals surface area contributed by atoms with Crippen molar-refractivity contribution in [2.24, 2.45) is 0 Å². The SMILES string of the molecule is Nc1cn[nH]c1C(=O)Nc1ccccc1OC(F)(F)F. The fraction of sp³-hybridized carbons (Fsp3) is 0.0909. The number of para-hydroxylation sites is 2. The van der Waals surface area contributed by atoms with Gasteiger partial charge in [0.1, 0.15) is 5.69 Å². The quantitative estimate of drug-likeness (QED) is 0.806. The first-order valence-electron chi connectivity index (χ1n) is 5.32. The summed E-state index contributed by atoms with van der Waals surface area (Å²) >= 11 is 0. The maximum absolute atomic E-state index is 12.2. The molecule has 2 aromatic rings. The van der Waals surface area contributed by atoms with Crippen LogP contribution in [0.25, 0.3) is 0 Å². The highest BCUT2D eigenvalue weighted by Crippen LogP contribution is 2.30. The lowest BCUT2D eigenvalue weighted by Crippen LogP contribution is -2.20. The molecular formula is C11H9F3N4O2. The highest BCUT2D eigenvalue weighted by Gasteiger charge is 2.32. The topological polar surface area (TPSA) is 93.0 Å². The largest absolute Gasteiger partial charge is 0.573 e. The van der Waals surface area contributed by atoms with Gasteiger partial charge in [-0.25, -0.2) is 0 Å². The lowest BCUT2D eigenvalue weighted by Gasteiger charge is -2.13. The second-order valence-corrected chi connectivity index (χ2v) is 3.70. The fourth-order valence-corrected chi connectivity index (χ4v) is 1.45. The van der Waals surface area contributed by atoms with E-state index in [1.54, 1.807) is 0 Å². The minimum Gasteiger partial charge on any atom is -0.404 e. The molecule has 0 saturated heterocycles. The molecule has 0 saturated carbocycles. The summed E-state index contributed by atoms with van der Waals surface area (Å²) in [4.78, 5) is 11.8. The highest BCUT2D eigenvalue weighted by molar-refractivity contribution is 6.06. The number of hydrogen-bond donors (Lipinski definition) is 3. The van der Waals surface area contributed by atoms with Crippen molar-refractivity contribution >= 4 is 17.3 Å². The molecule has 0 atom stereocenters. The molecule has 6 nitrogen and oxygen atoms in total. The van der Waals surface area contributed by atoms with Gasteiger partial charge in [-0.05, 0) is 12.1 Å². The number of ether oxygens (including phenoxy) is 1. The number of nitrogens with one attached hydrogen (secondary N) is 2. The molecule has 0 aliphatic carbocycles. The predicted octanol–water partition coefficient (Wildman–Crippen LogP) is 2.14. The van der Waals surface area contributed by atoms with Crippen molar-refractivity contribution < 1.29 is 22.7 Å². The van der Waals surface area contributed by atoms with E-state index in [1.807, 2.05) is 0 Å². The summed E-state index contributed by atoms with van der Waals surface area (Å²) in [6.07, 6.45) is -3.64. The zero-order chi connectivity index (χ0) is 14.8. The van der Waals surface area contributed by atoms with Crippen molar-refractivity contribution in [3.8, 4) is 5.75 Å². The van der Waals surface area contributed by atoms with Crippen LogP contribution < -0.4 is 15.8 Å². The van der Waals surface area contributed by atoms with Gasteiger partial charge in [0.05, 0.1) is 17.6 Å². The average molecular weight is 286 g/mol. The number of nitrogens with two attached hydrogens (primary N) is 1. The summed E-state index contributed by atoms with van der Waals surface area (Å²) in [5, 5.41) is 8.15. The third-order valence-corrected chi connectivity index (χ3v) is 2.26. The van der Waals surface area contributed by atoms with E-state index in [9.17, 15) is 18.0 Å². The lowest BCUT2D eigenvalue weighted by atomic mass is 10.2. The number of carbonyl (C=O) groups is 1. The second kappa shape index (κ2) is 5.11. The van der Waals surface area contributed by atoms with Crippen LogP contribution in [-0.4, -0.2) is 22.5 Å². The minimum absolute atomic E-state index is 0.0492. The first kappa shape index (κ1) is 13.7. The van der Waals surface area contributed by atoms with Crippen LogP contribution in [-0.2, 0) is 0 Å². The van der Waals surface area contributed by atoms with Crippen molar-refractivity contribution in [2.45, 2.75) is 6.36 Å². The zero-order valence-electron chi connectivity index (χ0n) is 9.86. The van der Waals surface area contributed by atoms with Gasteiger partial charge in [-0.15, -0.1) is 13.2 Å². The Labute approximate surface area is 110 Å². The van der Waals surface area contributed by atoms with Crippen molar-refractivity contribution in [2.75, 3.05) is 11.1 Å². The number of halogens is 3. The Morgan fingerprint density at radius 3 is 2.65 bits per heavy atom. The highest BCUT2D eigenvalue weighted by atomic mass is 19.4. The molecule has 0 spiro atoms. The molecule has 0 aliphatic heterocycles. The van der Waals surface area contributed by atoms with Crippen LogP contribution >= 0.6 is 0 Å². The number of aromatic nitrogens is 2. The third-order valence-electron chi connectivity index (χ3n) is 2.26. The van der Waals surface area contributed by atoms with Crippen molar-refractivity contribution in [1.82, 2.24) is 10.2 Å². The number of carbonyl (C=O) groups excluding carboxylic acids is 1. The Kier molecular flexibility index (Phi) is 3.51. The number of H-pyrrole nitrogens is 1. The maximum atomic E-state index is 12.2. The van der Waals surface area contributed by atoms with Crippen LogP contribution in [0.3, 0.4) is 0 Å². The molecule has 9 heteroatoms. The molecule has 1 heterocycles. The van der Waals surface area contributed by atoms with Crippen molar-refractivity contribution in [1.29, 1.82) is 0 Å². The van der Waals surface area contributed by atoms with Crippen molar-refractivity contribution in [3.05, 3.63) is 36.2 Å². The van der Waals surface area contributed by atoms with Crippen LogP contribution in [0.4, 0.5) is 24.5 Å². The average Bonchev–Trinajstić information content (AvgIpc) is 2.76. The Bertz CT molecular complexity index is 624. The number of nitrogens with zero attached hydrogens (tertiary/aromatic N) is 1. The number of hydrogen-bond acceptors (Lipinski definition) is 4. The molecule has 1 aromatic heterocycles. The van der Waals surface area contributed by atoms with Crippen LogP contribution in [0, 0.1) is 0 Å². The van der Waals surface area contributed by atoms with E-state index >= 15 is 0 Å². The summed E-state index contributed by atoms with van der Waals surface area (Å²) in [5.41, 5.74) is 5.36. The first-order valence-corrected chi connectivity index (χ1v) is 5.32. The Morgan fingerprint density at radius 2 is 2.05 bits per heavy atom. The third kappa shape index (κ3) is 3.19. The summed E-state index contributed by atoms with van der Waals surface area (Å²) in [6, 6.07) is 5.15. The number of anilines is 2. The maximum Gasteiger partial charge on any atom is 0.573 e. The van der Waals surface area contributed by atoms with Crippen LogP contribution in [0.15, 0.2) is 30.5 Å². The normalized spacial score (nSPS) is 11.2. The molecule has 20 heavy (non-hydrogen) atoms. The van der Waals surface area contributed by atoms with Gasteiger partial charge in [0.15, 0.2) is 5.75 Å². The van der Waals surface area contributed by atoms with E-state index in [2.05, 4.69) is 20.3 Å². The van der Waals surface area contributed by atoms with Gasteiger partial charge < -0.3 is 15.8 Å². The molecule has 1 aromatic carbocycles. The van der Waals surface area contributed by atoms with Gasteiger partial charge in [-0.1, -0.05) is 12.1 Å². The minimum atomic E-state index is -4.85. The number of nitrogen functional groups attached to an aromatic ring is 1. The van der Waals surface area contributed by atoms with Gasteiger partial charge in [0, 0.05) is 0 Å². The lowest BCUT2D eigenvalue weighted by molar-refractivity contribution is -0.274. The molecule has 1 amide bonds. The number of amides is 1. The van der Waals surface area contributed by atoms with Crippen LogP contribution in [0.2, 0.25) is 0 Å². The van der Waals surface area contributed by atoms with E-state index in [0.717, 1.165) is 6.07 Å². The monoisotopic (exact) mass is 286 g/mol. The molecule has 0 radical (unpaired) electrons. The van der Waals surface area contributed by atoms with Crippen molar-refractivity contribution in [3.63, 3.8) is 0 Å². The molecule has 106 valence electrons. The zero-order valence-corrected chi connectivity index (χ0v) is 9.86. The van der Waals surface area contributed by atoms with Crippen LogP contribution in [0.1, 0.15) is 10.5 Å². The van der Waals surface area contributed by atoms with E-state index < -0.39 is 18.0 Å². The van der Waals surface area contributed by atoms with Gasteiger partial charge in [-0.2, -0.15) is 5.10 Å². The summed E-state index contributed by atoms with van der Waals surface area (Å²) in [6.45, 7) is 0. The van der Waals surface area contributed by atoms with Gasteiger partial charge in [0.25, 0.3) is 5.91 Å². The number of alkyl halides is 3. The fourth-order valence-electron chi connectivity index (χ4n) is 1.45. The Morgan fingerprint density at radius 1 is 1.35 bits per heavy atom. The molecule has 0 bridgehead atoms. The molecular weight excluding hydrogens is 277 g/mol. The van der Waals surface area contributed by atoms with E-state index in [0.29, 0.717) is 0 Å². The summed E-state index contributed by atoms with van der Waals surface area (Å²) < 4.78 is 40.5. The number of aromatic amines is 1. The van der Waals surface area contributed by atoms with E-state index in [1.165, 1.54) is 24.4 Å². The Hall–Kier alpha value is -2.71. The second-order valence-electron chi connectivity index (χ2n) is 3.70. The summed E-state index contributed by atoms with van der Waals surface area (Å²) in [7, 11) is 0. The van der Waals surface area contributed by atoms with Crippen LogP contribution in [0.5, 0.6) is 5.75 Å². The molecule has 2 rings (SSSR count). The Balaban J connectivity index is 2.22. The predicted molar refractivity (Wildman–Crippen MR) is 64.1 cm³/mol. The number of rotatable bonds is 3.